The molecule has 0 spiro atoms. The van der Waals surface area contributed by atoms with Gasteiger partial charge in [0.15, 0.2) is 6.29 Å². The molecule has 0 bridgehead atoms. The van der Waals surface area contributed by atoms with Gasteiger partial charge in [-0.25, -0.2) is 5.32 Å². The summed E-state index contributed by atoms with van der Waals surface area (Å²) in [6.45, 7) is 1.88. The molecule has 11 nitrogen and oxygen atoms in total. The van der Waals surface area contributed by atoms with Gasteiger partial charge in [-0.05, 0) is 66.1 Å². The number of ether oxygens (including phenoxy) is 2. The fourth-order valence-corrected chi connectivity index (χ4v) is 13.9. The Labute approximate surface area is 343 Å². The van der Waals surface area contributed by atoms with Crippen molar-refractivity contribution in [2.45, 2.75) is 216 Å². The number of nitroso groups, excluding NO2 is 1. The van der Waals surface area contributed by atoms with E-state index >= 15 is 0 Å². The number of nitrogens with one attached hydrogen (secondary N) is 1. The van der Waals surface area contributed by atoms with E-state index in [9.17, 15) is 35.5 Å². The van der Waals surface area contributed by atoms with Gasteiger partial charge < -0.3 is 40.1 Å². The van der Waals surface area contributed by atoms with E-state index in [4.69, 9.17) is 9.47 Å². The monoisotopic (exact) mass is 806 g/mol. The maximum Gasteiger partial charge on any atom is 0.263 e. The van der Waals surface area contributed by atoms with Crippen LogP contribution in [0.15, 0.2) is 0 Å². The van der Waals surface area contributed by atoms with Gasteiger partial charge in [0.1, 0.15) is 24.4 Å². The van der Waals surface area contributed by atoms with E-state index in [-0.39, 0.29) is 12.6 Å². The van der Waals surface area contributed by atoms with Gasteiger partial charge in [0.25, 0.3) is 6.17 Å². The highest BCUT2D eigenvalue weighted by Crippen LogP contribution is 3.06. The minimum Gasteiger partial charge on any atom is -0.394 e. The van der Waals surface area contributed by atoms with Crippen LogP contribution in [0, 0.1) is 57.7 Å². The standard InChI is InChI=1S/C46H81N2O9/c1-2-3-4-5-6-7-8-9-12-15-18-21-24-31(50)40(51)30(28-56-45-43(54)42(53)41(52)32(27-49)57-45)44-47-26-29(48(44)55)23-20-17-14-11-10-13-16-19-22-25-46-37-34-33-35(37)39(46)36(33)38(34)46/h29-45,47,49-54H,2-28H2,1H3/q+1/t29?,30-,31+,32?,33?,34?,35?,36?,37?,38?,39?,40-,41?,42?,43?,44?,45?,46?/m0/s1. The van der Waals surface area contributed by atoms with Gasteiger partial charge in [-0.1, -0.05) is 135 Å². The molecule has 6 aliphatic carbocycles. The minimum absolute atomic E-state index is 0.243. The van der Waals surface area contributed by atoms with E-state index in [1.807, 2.05) is 0 Å². The second-order valence-corrected chi connectivity index (χ2v) is 20.0. The molecule has 2 heterocycles. The van der Waals surface area contributed by atoms with E-state index < -0.39 is 61.6 Å². The summed E-state index contributed by atoms with van der Waals surface area (Å²) < 4.78 is 12.4. The average Bonchev–Trinajstić information content (AvgIpc) is 3.58. The molecule has 2 aliphatic heterocycles. The number of rotatable bonds is 32. The first-order chi connectivity index (χ1) is 27.8. The molecule has 328 valence electrons. The van der Waals surface area contributed by atoms with Crippen molar-refractivity contribution in [3.8, 4) is 0 Å². The maximum atomic E-state index is 13.7. The highest BCUT2D eigenvalue weighted by atomic mass is 16.7. The fraction of sp³-hybridized carbons (Fsp3) is 1.00. The average molecular weight is 806 g/mol. The Bertz CT molecular complexity index is 1200. The van der Waals surface area contributed by atoms with Crippen LogP contribution >= 0.6 is 0 Å². The predicted molar refractivity (Wildman–Crippen MR) is 218 cm³/mol. The lowest BCUT2D eigenvalue weighted by molar-refractivity contribution is -0.616. The van der Waals surface area contributed by atoms with Gasteiger partial charge in [-0.3, -0.25) is 0 Å². The molecule has 0 aromatic carbocycles. The van der Waals surface area contributed by atoms with Crippen molar-refractivity contribution in [3.05, 3.63) is 4.91 Å². The Kier molecular flexibility index (Phi) is 15.9. The van der Waals surface area contributed by atoms with E-state index in [0.717, 1.165) is 48.7 Å². The smallest absolute Gasteiger partial charge is 0.263 e. The number of nitrogens with zero attached hydrogens (tertiary/aromatic N) is 1. The zero-order valence-corrected chi connectivity index (χ0v) is 35.3. The van der Waals surface area contributed by atoms with Crippen molar-refractivity contribution in [2.75, 3.05) is 19.8 Å². The predicted octanol–water partition coefficient (Wildman–Crippen LogP) is 5.97. The third-order valence-electron chi connectivity index (χ3n) is 16.9. The molecule has 57 heavy (non-hydrogen) atoms. The number of aliphatic hydroxyl groups excluding tert-OH is 6. The number of hydrogen-bond acceptors (Lipinski definition) is 10. The molecule has 10 atom stereocenters. The largest absolute Gasteiger partial charge is 0.394 e. The fourth-order valence-electron chi connectivity index (χ4n) is 13.9. The summed E-state index contributed by atoms with van der Waals surface area (Å²) in [4.78, 5) is 13.7. The van der Waals surface area contributed by atoms with Gasteiger partial charge >= 0.3 is 0 Å². The van der Waals surface area contributed by atoms with Crippen LogP contribution in [0.1, 0.15) is 161 Å². The van der Waals surface area contributed by atoms with E-state index in [2.05, 4.69) is 12.2 Å². The molecular weight excluding hydrogens is 725 g/mol. The Balaban J connectivity index is 0.776. The summed E-state index contributed by atoms with van der Waals surface area (Å²) in [6.07, 6.45) is 18.0. The minimum atomic E-state index is -1.60. The van der Waals surface area contributed by atoms with Crippen LogP contribution in [0.4, 0.5) is 0 Å². The van der Waals surface area contributed by atoms with Crippen LogP contribution < -0.4 is 5.32 Å². The van der Waals surface area contributed by atoms with Gasteiger partial charge in [-0.15, -0.1) is 0 Å². The molecule has 8 aliphatic rings. The zero-order valence-electron chi connectivity index (χ0n) is 35.3. The highest BCUT2D eigenvalue weighted by molar-refractivity contribution is 5.49. The summed E-state index contributed by atoms with van der Waals surface area (Å²) >= 11 is 0. The molecule has 0 aromatic heterocycles. The Hall–Kier alpha value is -0.760. The summed E-state index contributed by atoms with van der Waals surface area (Å²) in [7, 11) is 0. The first kappa shape index (κ1) is 44.3. The highest BCUT2D eigenvalue weighted by Gasteiger charge is 3.03. The van der Waals surface area contributed by atoms with Gasteiger partial charge in [0, 0.05) is 16.1 Å². The van der Waals surface area contributed by atoms with E-state index in [1.165, 1.54) is 144 Å². The number of unbranched alkanes of at least 4 members (excludes halogenated alkanes) is 19. The van der Waals surface area contributed by atoms with Crippen molar-refractivity contribution >= 4 is 0 Å². The Morgan fingerprint density at radius 3 is 1.79 bits per heavy atom. The van der Waals surface area contributed by atoms with Crippen LogP contribution in [0.3, 0.4) is 0 Å². The molecule has 7 N–H and O–H groups in total. The molecule has 0 radical (unpaired) electrons. The molecule has 0 aromatic rings. The first-order valence-corrected chi connectivity index (χ1v) is 24.2. The van der Waals surface area contributed by atoms with Crippen molar-refractivity contribution in [1.29, 1.82) is 0 Å². The summed E-state index contributed by atoms with van der Waals surface area (Å²) in [5.74, 6) is 7.59. The SMILES string of the molecule is CCCCCCCCCCCCCC[C@@H](O)[C@@H](O)[C@H](COC1OC(CO)C(O)C(O)C1O)C1NCC(CCCCCCCCCCCC23C4C5C6C4C2C6C53)[N+]1=O. The van der Waals surface area contributed by atoms with Crippen LogP contribution in [0.2, 0.25) is 0 Å². The molecule has 8 fully saturated rings. The van der Waals surface area contributed by atoms with Crippen LogP contribution in [0.5, 0.6) is 0 Å². The molecular formula is C46H81N2O9+. The molecule has 8 rings (SSSR count). The Morgan fingerprint density at radius 1 is 0.702 bits per heavy atom. The second kappa shape index (κ2) is 20.4. The Morgan fingerprint density at radius 2 is 1.23 bits per heavy atom. The lowest BCUT2D eigenvalue weighted by atomic mass is 8.96. The van der Waals surface area contributed by atoms with Crippen molar-refractivity contribution in [2.24, 2.45) is 52.8 Å². The van der Waals surface area contributed by atoms with Crippen LogP contribution in [-0.2, 0) is 9.47 Å². The van der Waals surface area contributed by atoms with Crippen LogP contribution in [-0.4, -0.2) is 110 Å². The molecule has 0 amide bonds. The lowest BCUT2D eigenvalue weighted by Crippen LogP contribution is -3.05. The van der Waals surface area contributed by atoms with Crippen LogP contribution in [0.25, 0.3) is 0 Å². The maximum absolute atomic E-state index is 13.7. The first-order valence-electron chi connectivity index (χ1n) is 24.2. The molecule has 7 unspecified atom stereocenters. The van der Waals surface area contributed by atoms with Crippen molar-refractivity contribution in [1.82, 2.24) is 5.32 Å². The zero-order chi connectivity index (χ0) is 40.1. The van der Waals surface area contributed by atoms with Gasteiger partial charge in [-0.2, -0.15) is 0 Å². The van der Waals surface area contributed by atoms with Gasteiger partial charge in [0.2, 0.25) is 6.04 Å². The lowest BCUT2D eigenvalue weighted by Gasteiger charge is -3.08. The van der Waals surface area contributed by atoms with Crippen molar-refractivity contribution in [3.63, 3.8) is 0 Å². The summed E-state index contributed by atoms with van der Waals surface area (Å²) in [5.41, 5.74) is 0.888. The summed E-state index contributed by atoms with van der Waals surface area (Å²) in [6, 6.07) is -0.255. The topological polar surface area (TPSA) is 172 Å². The quantitative estimate of drug-likeness (QED) is 0.0318. The molecule has 2 saturated heterocycles. The van der Waals surface area contributed by atoms with E-state index in [1.54, 1.807) is 6.42 Å². The third kappa shape index (κ3) is 8.69. The van der Waals surface area contributed by atoms with E-state index in [0.29, 0.717) is 13.0 Å². The third-order valence-corrected chi connectivity index (χ3v) is 16.9. The molecule has 11 heteroatoms. The number of hydrogen-bond donors (Lipinski definition) is 7. The normalized spacial score (nSPS) is 40.7. The number of aliphatic hydroxyl groups is 6. The van der Waals surface area contributed by atoms with Crippen molar-refractivity contribution < 1.29 is 44.9 Å². The van der Waals surface area contributed by atoms with Gasteiger partial charge in [0.05, 0.1) is 37.9 Å². The summed E-state index contributed by atoms with van der Waals surface area (Å²) in [5, 5.41) is 66.6. The molecule has 6 saturated carbocycles. The second-order valence-electron chi connectivity index (χ2n) is 20.0.